The molecule has 42 heavy (non-hydrogen) atoms. The molecule has 1 aliphatic heterocycles. The maximum Gasteiger partial charge on any atom is 0.338 e. The van der Waals surface area contributed by atoms with Crippen molar-refractivity contribution in [1.29, 1.82) is 0 Å². The summed E-state index contributed by atoms with van der Waals surface area (Å²) in [5, 5.41) is 4.18. The fourth-order valence-electron chi connectivity index (χ4n) is 5.18. The average molecular weight is 597 g/mol. The number of aromatic nitrogens is 1. The molecule has 7 nitrogen and oxygen atoms in total. The second kappa shape index (κ2) is 11.8. The van der Waals surface area contributed by atoms with Crippen molar-refractivity contribution in [1.82, 2.24) is 4.57 Å². The van der Waals surface area contributed by atoms with Crippen LogP contribution in [0.5, 0.6) is 11.5 Å². The number of thiophene rings is 1. The maximum atomic E-state index is 14.0. The third-order valence-electron chi connectivity index (χ3n) is 7.10. The number of hydrogen-bond acceptors (Lipinski definition) is 8. The summed E-state index contributed by atoms with van der Waals surface area (Å²) in [4.78, 5) is 33.1. The van der Waals surface area contributed by atoms with Gasteiger partial charge in [0.05, 0.1) is 29.5 Å². The van der Waals surface area contributed by atoms with Gasteiger partial charge in [-0.05, 0) is 53.8 Å². The summed E-state index contributed by atoms with van der Waals surface area (Å²) in [6.07, 6.45) is 1.81. The third kappa shape index (κ3) is 5.06. The molecule has 3 aromatic carbocycles. The molecule has 9 heteroatoms. The first-order valence-corrected chi connectivity index (χ1v) is 15.2. The quantitative estimate of drug-likeness (QED) is 0.218. The third-order valence-corrected chi connectivity index (χ3v) is 9.01. The van der Waals surface area contributed by atoms with E-state index in [0.29, 0.717) is 44.3 Å². The smallest absolute Gasteiger partial charge is 0.338 e. The molecule has 1 aliphatic rings. The molecule has 2 aromatic heterocycles. The van der Waals surface area contributed by atoms with Crippen LogP contribution in [-0.2, 0) is 16.1 Å². The molecule has 212 valence electrons. The van der Waals surface area contributed by atoms with Crippen LogP contribution in [0, 0.1) is 0 Å². The Morgan fingerprint density at radius 1 is 1.05 bits per heavy atom. The normalized spacial score (nSPS) is 14.9. The van der Waals surface area contributed by atoms with Gasteiger partial charge in [-0.25, -0.2) is 9.79 Å². The maximum absolute atomic E-state index is 14.0. The summed E-state index contributed by atoms with van der Waals surface area (Å²) in [7, 11) is 1.60. The molecule has 0 bridgehead atoms. The Balaban J connectivity index is 1.44. The highest BCUT2D eigenvalue weighted by molar-refractivity contribution is 7.10. The fraction of sp³-hybridized carbons (Fsp3) is 0.182. The van der Waals surface area contributed by atoms with Crippen LogP contribution in [0.25, 0.3) is 16.8 Å². The lowest BCUT2D eigenvalue weighted by Gasteiger charge is -2.23. The van der Waals surface area contributed by atoms with Gasteiger partial charge >= 0.3 is 5.97 Å². The van der Waals surface area contributed by atoms with E-state index in [2.05, 4.69) is 23.2 Å². The van der Waals surface area contributed by atoms with E-state index in [4.69, 9.17) is 14.2 Å². The second-order valence-corrected chi connectivity index (χ2v) is 11.6. The standard InChI is InChI=1S/C33H28N2O5S2/c1-4-39-32(37)28-20(2)34-33-35(29(28)26-16-9-17-41-26)31(36)27(42-33)18-22-12-8-15-25(38-3)30(22)40-19-23-13-7-11-21-10-5-6-14-24(21)23/h5-18,29H,4,19H2,1-3H3/b27-18-/t29-/m1/s1. The van der Waals surface area contributed by atoms with Gasteiger partial charge < -0.3 is 14.2 Å². The number of allylic oxidation sites excluding steroid dienone is 1. The van der Waals surface area contributed by atoms with Crippen LogP contribution in [0.1, 0.15) is 35.9 Å². The lowest BCUT2D eigenvalue weighted by molar-refractivity contribution is -0.139. The van der Waals surface area contributed by atoms with Crippen LogP contribution in [-0.4, -0.2) is 24.3 Å². The Labute approximate surface area is 250 Å². The largest absolute Gasteiger partial charge is 0.493 e. The zero-order chi connectivity index (χ0) is 29.2. The first-order chi connectivity index (χ1) is 20.5. The van der Waals surface area contributed by atoms with E-state index >= 15 is 0 Å². The minimum Gasteiger partial charge on any atom is -0.493 e. The number of methoxy groups -OCH3 is 1. The van der Waals surface area contributed by atoms with Gasteiger partial charge in [0.15, 0.2) is 16.3 Å². The summed E-state index contributed by atoms with van der Waals surface area (Å²) < 4.78 is 19.5. The highest BCUT2D eigenvalue weighted by atomic mass is 32.1. The first kappa shape index (κ1) is 27.7. The Morgan fingerprint density at radius 2 is 1.86 bits per heavy atom. The fourth-order valence-corrected chi connectivity index (χ4v) is 7.04. The number of carbonyl (C=O) groups is 1. The summed E-state index contributed by atoms with van der Waals surface area (Å²) in [5.41, 5.74) is 2.42. The number of thiazole rings is 1. The van der Waals surface area contributed by atoms with E-state index < -0.39 is 12.0 Å². The average Bonchev–Trinajstić information content (AvgIpc) is 3.64. The molecule has 6 rings (SSSR count). The van der Waals surface area contributed by atoms with Gasteiger partial charge in [0, 0.05) is 10.4 Å². The zero-order valence-electron chi connectivity index (χ0n) is 23.3. The number of fused-ring (bicyclic) bond motifs is 2. The monoisotopic (exact) mass is 596 g/mol. The highest BCUT2D eigenvalue weighted by Crippen LogP contribution is 2.34. The van der Waals surface area contributed by atoms with Gasteiger partial charge in [0.1, 0.15) is 12.6 Å². The number of ether oxygens (including phenoxy) is 3. The van der Waals surface area contributed by atoms with Crippen molar-refractivity contribution in [3.8, 4) is 11.5 Å². The van der Waals surface area contributed by atoms with Crippen molar-refractivity contribution in [2.75, 3.05) is 13.7 Å². The molecule has 0 saturated heterocycles. The Kier molecular flexibility index (Phi) is 7.78. The number of esters is 1. The molecule has 0 N–H and O–H groups in total. The van der Waals surface area contributed by atoms with Gasteiger partial charge in [0.25, 0.3) is 5.56 Å². The zero-order valence-corrected chi connectivity index (χ0v) is 25.0. The number of hydrogen-bond donors (Lipinski definition) is 0. The molecule has 1 atom stereocenters. The molecule has 0 amide bonds. The topological polar surface area (TPSA) is 79.1 Å². The number of nitrogens with zero attached hydrogens (tertiary/aromatic N) is 2. The van der Waals surface area contributed by atoms with Gasteiger partial charge in [0.2, 0.25) is 0 Å². The summed E-state index contributed by atoms with van der Waals surface area (Å²) in [6, 6.07) is 23.1. The van der Waals surface area contributed by atoms with Gasteiger partial charge in [-0.3, -0.25) is 9.36 Å². The predicted octanol–water partition coefficient (Wildman–Crippen LogP) is 5.60. The van der Waals surface area contributed by atoms with E-state index in [1.165, 1.54) is 22.7 Å². The van der Waals surface area contributed by atoms with E-state index in [1.807, 2.05) is 60.0 Å². The first-order valence-electron chi connectivity index (χ1n) is 13.5. The molecular weight excluding hydrogens is 569 g/mol. The molecule has 5 aromatic rings. The lowest BCUT2D eigenvalue weighted by Crippen LogP contribution is -2.39. The lowest BCUT2D eigenvalue weighted by atomic mass is 10.0. The van der Waals surface area contributed by atoms with Crippen LogP contribution >= 0.6 is 22.7 Å². The van der Waals surface area contributed by atoms with Gasteiger partial charge in [-0.2, -0.15) is 0 Å². The number of para-hydroxylation sites is 1. The molecule has 0 unspecified atom stereocenters. The van der Waals surface area contributed by atoms with Crippen molar-refractivity contribution >= 4 is 45.5 Å². The summed E-state index contributed by atoms with van der Waals surface area (Å²) >= 11 is 2.76. The van der Waals surface area contributed by atoms with Crippen LogP contribution < -0.4 is 24.4 Å². The number of rotatable bonds is 8. The van der Waals surface area contributed by atoms with Crippen LogP contribution in [0.3, 0.4) is 0 Å². The van der Waals surface area contributed by atoms with Crippen molar-refractivity contribution in [3.63, 3.8) is 0 Å². The van der Waals surface area contributed by atoms with E-state index in [0.717, 1.165) is 21.2 Å². The Hall–Kier alpha value is -4.47. The van der Waals surface area contributed by atoms with Crippen LogP contribution in [0.2, 0.25) is 0 Å². The van der Waals surface area contributed by atoms with E-state index in [9.17, 15) is 9.59 Å². The highest BCUT2D eigenvalue weighted by Gasteiger charge is 2.34. The second-order valence-electron chi connectivity index (χ2n) is 9.62. The molecule has 3 heterocycles. The van der Waals surface area contributed by atoms with Crippen molar-refractivity contribution in [2.45, 2.75) is 26.5 Å². The molecule has 0 spiro atoms. The number of benzene rings is 3. The Morgan fingerprint density at radius 3 is 2.64 bits per heavy atom. The molecule has 0 aliphatic carbocycles. The summed E-state index contributed by atoms with van der Waals surface area (Å²) in [6.45, 7) is 4.10. The Bertz CT molecular complexity index is 2000. The molecule has 0 radical (unpaired) electrons. The minimum atomic E-state index is -0.616. The van der Waals surface area contributed by atoms with E-state index in [-0.39, 0.29) is 12.2 Å². The van der Waals surface area contributed by atoms with Crippen molar-refractivity contribution in [3.05, 3.63) is 125 Å². The molecule has 0 saturated carbocycles. The van der Waals surface area contributed by atoms with Crippen LogP contribution in [0.15, 0.2) is 99.2 Å². The molecular formula is C33H28N2O5S2. The van der Waals surface area contributed by atoms with E-state index in [1.54, 1.807) is 31.6 Å². The SMILES string of the molecule is CCOC(=O)C1=C(C)N=c2s/c(=C\c3cccc(OC)c3OCc3cccc4ccccc34)c(=O)n2[C@@H]1c1cccs1. The van der Waals surface area contributed by atoms with Crippen LogP contribution in [0.4, 0.5) is 0 Å². The summed E-state index contributed by atoms with van der Waals surface area (Å²) in [5.74, 6) is 0.633. The predicted molar refractivity (Wildman–Crippen MR) is 166 cm³/mol. The van der Waals surface area contributed by atoms with Crippen molar-refractivity contribution in [2.24, 2.45) is 4.99 Å². The van der Waals surface area contributed by atoms with Crippen molar-refractivity contribution < 1.29 is 19.0 Å². The minimum absolute atomic E-state index is 0.231. The van der Waals surface area contributed by atoms with Gasteiger partial charge in [-0.1, -0.05) is 72.0 Å². The number of carbonyl (C=O) groups excluding carboxylic acids is 1. The van der Waals surface area contributed by atoms with Gasteiger partial charge in [-0.15, -0.1) is 11.3 Å². The molecule has 0 fully saturated rings.